The van der Waals surface area contributed by atoms with Crippen LogP contribution in [0.15, 0.2) is 27.0 Å². The van der Waals surface area contributed by atoms with Crippen molar-refractivity contribution < 1.29 is 9.90 Å². The fourth-order valence-electron chi connectivity index (χ4n) is 1.15. The highest BCUT2D eigenvalue weighted by atomic mass is 32.2. The van der Waals surface area contributed by atoms with Crippen LogP contribution < -0.4 is 0 Å². The first-order chi connectivity index (χ1) is 8.13. The lowest BCUT2D eigenvalue weighted by molar-refractivity contribution is -0.136. The van der Waals surface area contributed by atoms with Gasteiger partial charge in [-0.1, -0.05) is 0 Å². The summed E-state index contributed by atoms with van der Waals surface area (Å²) in [5.74, 6) is -0.165. The summed E-state index contributed by atoms with van der Waals surface area (Å²) < 4.78 is 0.791. The molecule has 0 amide bonds. The molecule has 0 bridgehead atoms. The number of aryl methyl sites for hydroxylation is 1. The lowest BCUT2D eigenvalue weighted by Crippen LogP contribution is -1.99. The van der Waals surface area contributed by atoms with E-state index in [1.54, 1.807) is 17.6 Å². The van der Waals surface area contributed by atoms with Crippen LogP contribution >= 0.6 is 23.1 Å². The van der Waals surface area contributed by atoms with Gasteiger partial charge in [-0.2, -0.15) is 0 Å². The molecule has 88 valence electrons. The first-order valence-electron chi connectivity index (χ1n) is 4.77. The Balaban J connectivity index is 2.08. The van der Waals surface area contributed by atoms with Gasteiger partial charge in [0.25, 0.3) is 0 Å². The molecule has 0 aliphatic rings. The molecule has 0 fully saturated rings. The van der Waals surface area contributed by atoms with E-state index in [9.17, 15) is 4.79 Å². The van der Waals surface area contributed by atoms with Crippen molar-refractivity contribution in [2.45, 2.75) is 22.7 Å². The number of carbonyl (C=O) groups is 1. The van der Waals surface area contributed by atoms with E-state index in [4.69, 9.17) is 5.11 Å². The lowest BCUT2D eigenvalue weighted by Gasteiger charge is -1.96. The second-order valence-corrected chi connectivity index (χ2v) is 5.35. The highest BCUT2D eigenvalue weighted by Crippen LogP contribution is 2.28. The smallest absolute Gasteiger partial charge is 0.309 e. The van der Waals surface area contributed by atoms with Crippen molar-refractivity contribution in [3.8, 4) is 0 Å². The summed E-state index contributed by atoms with van der Waals surface area (Å²) in [7, 11) is 0. The van der Waals surface area contributed by atoms with Crippen LogP contribution in [0.5, 0.6) is 0 Å². The number of aromatic nitrogens is 3. The number of nitrogens with zero attached hydrogens (tertiary/aromatic N) is 3. The fourth-order valence-corrected chi connectivity index (χ4v) is 2.94. The molecule has 0 aliphatic carbocycles. The minimum absolute atomic E-state index is 0.0418. The van der Waals surface area contributed by atoms with Crippen LogP contribution in [0.3, 0.4) is 0 Å². The van der Waals surface area contributed by atoms with Gasteiger partial charge in [0.2, 0.25) is 0 Å². The van der Waals surface area contributed by atoms with Gasteiger partial charge < -0.3 is 5.11 Å². The van der Waals surface area contributed by atoms with Gasteiger partial charge in [0, 0.05) is 11.6 Å². The second-order valence-electron chi connectivity index (χ2n) is 3.22. The molecule has 0 radical (unpaired) electrons. The van der Waals surface area contributed by atoms with Crippen molar-refractivity contribution in [3.63, 3.8) is 0 Å². The molecule has 0 aliphatic heterocycles. The normalized spacial score (nSPS) is 10.4. The summed E-state index contributed by atoms with van der Waals surface area (Å²) in [5.41, 5.74) is 0.579. The molecule has 5 nitrogen and oxygen atoms in total. The SMILES string of the molecule is Cc1nccc(Sc2nc(CC(=O)O)cs2)n1. The Morgan fingerprint density at radius 2 is 2.35 bits per heavy atom. The highest BCUT2D eigenvalue weighted by molar-refractivity contribution is 8.01. The minimum Gasteiger partial charge on any atom is -0.481 e. The average Bonchev–Trinajstić information content (AvgIpc) is 2.64. The van der Waals surface area contributed by atoms with E-state index < -0.39 is 5.97 Å². The Morgan fingerprint density at radius 1 is 1.53 bits per heavy atom. The first kappa shape index (κ1) is 12.0. The van der Waals surface area contributed by atoms with Crippen LogP contribution in [-0.4, -0.2) is 26.0 Å². The lowest BCUT2D eigenvalue weighted by atomic mass is 10.3. The summed E-state index contributed by atoms with van der Waals surface area (Å²) in [6, 6.07) is 1.80. The zero-order chi connectivity index (χ0) is 12.3. The number of thiazole rings is 1. The molecule has 0 aromatic carbocycles. The maximum Gasteiger partial charge on any atom is 0.309 e. The Bertz CT molecular complexity index is 542. The number of aliphatic carboxylic acids is 1. The van der Waals surface area contributed by atoms with Crippen LogP contribution in [-0.2, 0) is 11.2 Å². The fraction of sp³-hybridized carbons (Fsp3) is 0.200. The number of hydrogen-bond donors (Lipinski definition) is 1. The van der Waals surface area contributed by atoms with E-state index in [1.807, 2.05) is 6.92 Å². The van der Waals surface area contributed by atoms with Crippen LogP contribution in [0.25, 0.3) is 0 Å². The number of carboxylic acids is 1. The first-order valence-corrected chi connectivity index (χ1v) is 6.47. The van der Waals surface area contributed by atoms with Crippen LogP contribution in [0.2, 0.25) is 0 Å². The molecule has 0 unspecified atom stereocenters. The van der Waals surface area contributed by atoms with E-state index in [0.29, 0.717) is 11.5 Å². The predicted molar refractivity (Wildman–Crippen MR) is 64.3 cm³/mol. The van der Waals surface area contributed by atoms with E-state index in [0.717, 1.165) is 9.37 Å². The Hall–Kier alpha value is -1.47. The Labute approximate surface area is 106 Å². The molecule has 2 aromatic heterocycles. The Morgan fingerprint density at radius 3 is 3.06 bits per heavy atom. The van der Waals surface area contributed by atoms with E-state index in [1.165, 1.54) is 23.1 Å². The number of carboxylic acid groups (broad SMARTS) is 1. The quantitative estimate of drug-likeness (QED) is 0.854. The van der Waals surface area contributed by atoms with E-state index >= 15 is 0 Å². The van der Waals surface area contributed by atoms with Gasteiger partial charge in [0.05, 0.1) is 12.1 Å². The van der Waals surface area contributed by atoms with E-state index in [-0.39, 0.29) is 6.42 Å². The van der Waals surface area contributed by atoms with Gasteiger partial charge in [-0.25, -0.2) is 15.0 Å². The summed E-state index contributed by atoms with van der Waals surface area (Å²) in [5, 5.41) is 11.2. The van der Waals surface area contributed by atoms with Crippen molar-refractivity contribution in [2.75, 3.05) is 0 Å². The largest absolute Gasteiger partial charge is 0.481 e. The molecular weight excluding hydrogens is 258 g/mol. The molecule has 17 heavy (non-hydrogen) atoms. The molecule has 2 heterocycles. The van der Waals surface area contributed by atoms with Crippen LogP contribution in [0.1, 0.15) is 11.5 Å². The maximum absolute atomic E-state index is 10.5. The average molecular weight is 267 g/mol. The molecule has 2 rings (SSSR count). The second kappa shape index (κ2) is 5.24. The predicted octanol–water partition coefficient (Wildman–Crippen LogP) is 2.02. The van der Waals surface area contributed by atoms with E-state index in [2.05, 4.69) is 15.0 Å². The third-order valence-corrected chi connectivity index (χ3v) is 3.73. The monoisotopic (exact) mass is 267 g/mol. The summed E-state index contributed by atoms with van der Waals surface area (Å²) in [6.45, 7) is 1.82. The maximum atomic E-state index is 10.5. The van der Waals surface area contributed by atoms with Gasteiger partial charge in [-0.15, -0.1) is 11.3 Å². The highest BCUT2D eigenvalue weighted by Gasteiger charge is 2.08. The third kappa shape index (κ3) is 3.50. The molecular formula is C10H9N3O2S2. The van der Waals surface area contributed by atoms with Crippen molar-refractivity contribution in [3.05, 3.63) is 29.2 Å². The van der Waals surface area contributed by atoms with Crippen molar-refractivity contribution >= 4 is 29.1 Å². The van der Waals surface area contributed by atoms with Crippen LogP contribution in [0.4, 0.5) is 0 Å². The number of rotatable bonds is 4. The summed E-state index contributed by atoms with van der Waals surface area (Å²) in [6.07, 6.45) is 1.65. The van der Waals surface area contributed by atoms with Crippen molar-refractivity contribution in [2.24, 2.45) is 0 Å². The van der Waals surface area contributed by atoms with Gasteiger partial charge >= 0.3 is 5.97 Å². The third-order valence-electron chi connectivity index (χ3n) is 1.81. The standard InChI is InChI=1S/C10H9N3O2S2/c1-6-11-3-2-8(12-6)17-10-13-7(5-16-10)4-9(14)15/h2-3,5H,4H2,1H3,(H,14,15). The van der Waals surface area contributed by atoms with Crippen LogP contribution in [0, 0.1) is 6.92 Å². The zero-order valence-corrected chi connectivity index (χ0v) is 10.6. The molecule has 0 saturated heterocycles. The molecule has 0 saturated carbocycles. The summed E-state index contributed by atoms with van der Waals surface area (Å²) in [4.78, 5) is 23.0. The van der Waals surface area contributed by atoms with Crippen molar-refractivity contribution in [1.82, 2.24) is 15.0 Å². The van der Waals surface area contributed by atoms with Gasteiger partial charge in [-0.3, -0.25) is 4.79 Å². The van der Waals surface area contributed by atoms with Crippen molar-refractivity contribution in [1.29, 1.82) is 0 Å². The molecule has 0 atom stereocenters. The van der Waals surface area contributed by atoms with Gasteiger partial charge in [-0.05, 0) is 24.8 Å². The number of hydrogen-bond acceptors (Lipinski definition) is 6. The summed E-state index contributed by atoms with van der Waals surface area (Å²) >= 11 is 2.83. The Kier molecular flexibility index (Phi) is 3.70. The van der Waals surface area contributed by atoms with Gasteiger partial charge in [0.15, 0.2) is 4.34 Å². The molecule has 1 N–H and O–H groups in total. The zero-order valence-electron chi connectivity index (χ0n) is 8.95. The molecule has 0 spiro atoms. The van der Waals surface area contributed by atoms with Gasteiger partial charge in [0.1, 0.15) is 10.9 Å². The minimum atomic E-state index is -0.871. The topological polar surface area (TPSA) is 76.0 Å². The molecule has 2 aromatic rings. The molecule has 7 heteroatoms.